The van der Waals surface area contributed by atoms with Crippen LogP contribution in [-0.2, 0) is 65.4 Å². The van der Waals surface area contributed by atoms with Gasteiger partial charge >= 0.3 is 39.5 Å². The first kappa shape index (κ1) is 83.1. The maximum Gasteiger partial charge on any atom is 0.472 e. The minimum atomic E-state index is -4.94. The number of aliphatic hydroxyl groups is 1. The van der Waals surface area contributed by atoms with Gasteiger partial charge in [0.15, 0.2) is 12.2 Å². The Kier molecular flexibility index (Phi) is 57.1. The fourth-order valence-corrected chi connectivity index (χ4v) is 11.4. The number of phosphoric ester groups is 2. The highest BCUT2D eigenvalue weighted by atomic mass is 31.2. The number of rotatable bonds is 65. The Bertz CT molecular complexity index is 1670. The number of hydrogen-bond acceptors (Lipinski definition) is 15. The van der Waals surface area contributed by atoms with Gasteiger partial charge in [-0.25, -0.2) is 9.13 Å². The fourth-order valence-electron chi connectivity index (χ4n) is 9.85. The number of hydrogen-bond donors (Lipinski definition) is 3. The maximum atomic E-state index is 13.0. The van der Waals surface area contributed by atoms with Gasteiger partial charge in [0.05, 0.1) is 26.4 Å². The van der Waals surface area contributed by atoms with E-state index >= 15 is 0 Å². The average molecular weight is 1260 g/mol. The summed E-state index contributed by atoms with van der Waals surface area (Å²) in [5, 5.41) is 10.5. The predicted molar refractivity (Wildman–Crippen MR) is 340 cm³/mol. The van der Waals surface area contributed by atoms with Gasteiger partial charge in [-0.05, 0) is 37.5 Å². The third kappa shape index (κ3) is 59.5. The molecule has 6 atom stereocenters. The molecule has 19 heteroatoms. The highest BCUT2D eigenvalue weighted by Crippen LogP contribution is 2.45. The van der Waals surface area contributed by atoms with Gasteiger partial charge in [0.1, 0.15) is 19.3 Å². The van der Waals surface area contributed by atoms with Crippen molar-refractivity contribution in [2.45, 2.75) is 349 Å². The van der Waals surface area contributed by atoms with Gasteiger partial charge in [-0.15, -0.1) is 0 Å². The molecule has 504 valence electrons. The Hall–Kier alpha value is -1.94. The molecule has 0 aromatic rings. The monoisotopic (exact) mass is 1250 g/mol. The third-order valence-corrected chi connectivity index (χ3v) is 17.5. The zero-order valence-electron chi connectivity index (χ0n) is 54.9. The van der Waals surface area contributed by atoms with Crippen molar-refractivity contribution in [2.24, 2.45) is 11.8 Å². The normalized spacial score (nSPS) is 14.6. The molecule has 0 amide bonds. The number of unbranched alkanes of at least 4 members (excludes halogenated alkanes) is 34. The number of carbonyl (C=O) groups excluding carboxylic acids is 4. The summed E-state index contributed by atoms with van der Waals surface area (Å²) in [4.78, 5) is 71.9. The quantitative estimate of drug-likeness (QED) is 0.0222. The van der Waals surface area contributed by atoms with E-state index < -0.39 is 97.5 Å². The third-order valence-electron chi connectivity index (χ3n) is 15.6. The minimum absolute atomic E-state index is 0.104. The van der Waals surface area contributed by atoms with Crippen LogP contribution >= 0.6 is 15.6 Å². The Morgan fingerprint density at radius 3 is 0.894 bits per heavy atom. The number of aliphatic hydroxyl groups excluding tert-OH is 1. The molecule has 0 fully saturated rings. The van der Waals surface area contributed by atoms with Crippen LogP contribution in [0.2, 0.25) is 0 Å². The molecule has 0 rings (SSSR count). The standard InChI is InChI=1S/C66H128O17P2/c1-7-10-12-14-15-31-38-44-50-65(70)82-61(54-76-63(68)48-42-34-13-11-8-2)56-80-84(72,73)78-52-60(67)53-79-85(74,75)81-57-62(55-77-64(69)49-43-37-33-28-29-35-40-46-58(4)5)83-66(71)51-45-39-32-27-25-23-21-19-17-16-18-20-22-24-26-30-36-41-47-59(6)9-3/h58-62,67H,7-57H2,1-6H3,(H,72,73)(H,74,75)/t59?,60-,61+,62+/m0/s1. The molecule has 0 aromatic heterocycles. The molecule has 0 aliphatic rings. The number of ether oxygens (including phenoxy) is 4. The zero-order chi connectivity index (χ0) is 62.9. The molecule has 0 aliphatic heterocycles. The van der Waals surface area contributed by atoms with E-state index in [-0.39, 0.29) is 25.7 Å². The summed E-state index contributed by atoms with van der Waals surface area (Å²) < 4.78 is 67.7. The van der Waals surface area contributed by atoms with Crippen molar-refractivity contribution in [1.82, 2.24) is 0 Å². The van der Waals surface area contributed by atoms with Crippen molar-refractivity contribution in [3.63, 3.8) is 0 Å². The topological polar surface area (TPSA) is 237 Å². The molecule has 0 saturated heterocycles. The second-order valence-corrected chi connectivity index (χ2v) is 27.5. The molecule has 17 nitrogen and oxygen atoms in total. The van der Waals surface area contributed by atoms with Crippen LogP contribution in [0.3, 0.4) is 0 Å². The van der Waals surface area contributed by atoms with Gasteiger partial charge in [0.25, 0.3) is 0 Å². The SMILES string of the molecule is CCCCCCCCCCC(=O)O[C@H](COC(=O)CCCCCCC)COP(=O)(O)OC[C@H](O)COP(=O)(O)OC[C@@H](COC(=O)CCCCCCCCCC(C)C)OC(=O)CCCCCCCCCCCCCCCCCCCCC(C)CC. The number of carbonyl (C=O) groups is 4. The lowest BCUT2D eigenvalue weighted by atomic mass is 9.99. The van der Waals surface area contributed by atoms with Crippen LogP contribution in [-0.4, -0.2) is 96.7 Å². The molecule has 0 heterocycles. The predicted octanol–water partition coefficient (Wildman–Crippen LogP) is 18.4. The van der Waals surface area contributed by atoms with Crippen molar-refractivity contribution < 1.29 is 80.2 Å². The van der Waals surface area contributed by atoms with Crippen molar-refractivity contribution in [1.29, 1.82) is 0 Å². The van der Waals surface area contributed by atoms with Gasteiger partial charge in [-0.3, -0.25) is 37.3 Å². The van der Waals surface area contributed by atoms with Gasteiger partial charge in [0.2, 0.25) is 0 Å². The van der Waals surface area contributed by atoms with Crippen molar-refractivity contribution >= 4 is 39.5 Å². The highest BCUT2D eigenvalue weighted by Gasteiger charge is 2.30. The second kappa shape index (κ2) is 58.4. The van der Waals surface area contributed by atoms with Crippen LogP contribution in [0.4, 0.5) is 0 Å². The average Bonchev–Trinajstić information content (AvgIpc) is 3.57. The van der Waals surface area contributed by atoms with E-state index in [0.29, 0.717) is 31.6 Å². The van der Waals surface area contributed by atoms with Gasteiger partial charge in [-0.1, -0.05) is 279 Å². The Morgan fingerprint density at radius 2 is 0.600 bits per heavy atom. The Balaban J connectivity index is 5.04. The van der Waals surface area contributed by atoms with E-state index in [1.807, 2.05) is 0 Å². The summed E-state index contributed by atoms with van der Waals surface area (Å²) in [5.74, 6) is -0.571. The number of esters is 4. The second-order valence-electron chi connectivity index (χ2n) is 24.6. The Labute approximate surface area is 517 Å². The molecule has 0 bridgehead atoms. The van der Waals surface area contributed by atoms with Gasteiger partial charge in [-0.2, -0.15) is 0 Å². The molecule has 3 N–H and O–H groups in total. The van der Waals surface area contributed by atoms with Crippen LogP contribution < -0.4 is 0 Å². The van der Waals surface area contributed by atoms with Crippen LogP contribution in [0, 0.1) is 11.8 Å². The smallest absolute Gasteiger partial charge is 0.462 e. The van der Waals surface area contributed by atoms with Gasteiger partial charge < -0.3 is 33.8 Å². The lowest BCUT2D eigenvalue weighted by Gasteiger charge is -2.21. The summed E-state index contributed by atoms with van der Waals surface area (Å²) in [6.45, 7) is 9.40. The van der Waals surface area contributed by atoms with Crippen LogP contribution in [0.5, 0.6) is 0 Å². The first-order valence-electron chi connectivity index (χ1n) is 34.5. The van der Waals surface area contributed by atoms with E-state index in [1.165, 1.54) is 128 Å². The lowest BCUT2D eigenvalue weighted by Crippen LogP contribution is -2.30. The molecule has 0 aliphatic carbocycles. The van der Waals surface area contributed by atoms with Crippen LogP contribution in [0.25, 0.3) is 0 Å². The highest BCUT2D eigenvalue weighted by molar-refractivity contribution is 7.47. The lowest BCUT2D eigenvalue weighted by molar-refractivity contribution is -0.161. The number of phosphoric acid groups is 2. The zero-order valence-corrected chi connectivity index (χ0v) is 56.7. The molecular weight excluding hydrogens is 1130 g/mol. The van der Waals surface area contributed by atoms with Crippen molar-refractivity contribution in [2.75, 3.05) is 39.6 Å². The summed E-state index contributed by atoms with van der Waals surface area (Å²) in [7, 11) is -9.87. The summed E-state index contributed by atoms with van der Waals surface area (Å²) in [6.07, 6.45) is 42.4. The van der Waals surface area contributed by atoms with Crippen LogP contribution in [0.1, 0.15) is 330 Å². The summed E-state index contributed by atoms with van der Waals surface area (Å²) in [5.41, 5.74) is 0. The van der Waals surface area contributed by atoms with Crippen molar-refractivity contribution in [3.05, 3.63) is 0 Å². The van der Waals surface area contributed by atoms with E-state index in [2.05, 4.69) is 41.5 Å². The van der Waals surface area contributed by atoms with Crippen molar-refractivity contribution in [3.8, 4) is 0 Å². The molecule has 0 radical (unpaired) electrons. The van der Waals surface area contributed by atoms with E-state index in [1.54, 1.807) is 0 Å². The van der Waals surface area contributed by atoms with E-state index in [0.717, 1.165) is 115 Å². The summed E-state index contributed by atoms with van der Waals surface area (Å²) >= 11 is 0. The van der Waals surface area contributed by atoms with Gasteiger partial charge in [0, 0.05) is 25.7 Å². The molecule has 0 saturated carbocycles. The fraction of sp³-hybridized carbons (Fsp3) is 0.939. The molecule has 3 unspecified atom stereocenters. The first-order valence-corrected chi connectivity index (χ1v) is 37.5. The largest absolute Gasteiger partial charge is 0.472 e. The van der Waals surface area contributed by atoms with Crippen LogP contribution in [0.15, 0.2) is 0 Å². The first-order chi connectivity index (χ1) is 40.9. The van der Waals surface area contributed by atoms with E-state index in [9.17, 15) is 43.2 Å². The maximum absolute atomic E-state index is 13.0. The van der Waals surface area contributed by atoms with E-state index in [4.69, 9.17) is 37.0 Å². The Morgan fingerprint density at radius 1 is 0.341 bits per heavy atom. The summed E-state index contributed by atoms with van der Waals surface area (Å²) in [6, 6.07) is 0. The molecule has 85 heavy (non-hydrogen) atoms. The molecular formula is C66H128O17P2. The molecule has 0 spiro atoms. The minimum Gasteiger partial charge on any atom is -0.462 e. The molecule has 0 aromatic carbocycles.